The van der Waals surface area contributed by atoms with E-state index in [0.717, 1.165) is 24.9 Å². The molecular weight excluding hydrogens is 158 g/mol. The van der Waals surface area contributed by atoms with Gasteiger partial charge in [-0.15, -0.1) is 11.3 Å². The molecule has 1 aromatic heterocycles. The van der Waals surface area contributed by atoms with Crippen molar-refractivity contribution in [2.24, 2.45) is 0 Å². The topological polar surface area (TPSA) is 29.1 Å². The number of nitrogens with one attached hydrogen (secondary N) is 1. The van der Waals surface area contributed by atoms with Gasteiger partial charge in [-0.1, -0.05) is 0 Å². The quantitative estimate of drug-likeness (QED) is 0.622. The van der Waals surface area contributed by atoms with E-state index in [1.807, 2.05) is 11.4 Å². The van der Waals surface area contributed by atoms with Gasteiger partial charge in [-0.25, -0.2) is 0 Å². The lowest BCUT2D eigenvalue weighted by atomic mass is 10.2. The maximum absolute atomic E-state index is 11.3. The zero-order chi connectivity index (χ0) is 7.68. The molecule has 1 aliphatic rings. The summed E-state index contributed by atoms with van der Waals surface area (Å²) < 4.78 is 0. The molecule has 0 saturated carbocycles. The van der Waals surface area contributed by atoms with Crippen molar-refractivity contribution in [1.29, 1.82) is 0 Å². The van der Waals surface area contributed by atoms with E-state index in [1.54, 1.807) is 11.3 Å². The van der Waals surface area contributed by atoms with Gasteiger partial charge in [-0.3, -0.25) is 4.79 Å². The molecule has 0 aliphatic carbocycles. The second kappa shape index (κ2) is 2.66. The molecule has 1 aliphatic heterocycles. The standard InChI is InChI=1S/C8H9NOS/c10-8-6-3-5-11-7(6)2-1-4-9-8/h3,5H,1-2,4H2,(H,9,10). The fraction of sp³-hybridized carbons (Fsp3) is 0.375. The van der Waals surface area contributed by atoms with Gasteiger partial charge >= 0.3 is 0 Å². The lowest BCUT2D eigenvalue weighted by molar-refractivity contribution is 0.0956. The van der Waals surface area contributed by atoms with Gasteiger partial charge in [0.25, 0.3) is 5.91 Å². The van der Waals surface area contributed by atoms with Gasteiger partial charge < -0.3 is 5.32 Å². The normalized spacial score (nSPS) is 16.9. The molecule has 2 rings (SSSR count). The lowest BCUT2D eigenvalue weighted by Gasteiger charge is -1.95. The van der Waals surface area contributed by atoms with Gasteiger partial charge in [-0.2, -0.15) is 0 Å². The number of amides is 1. The average molecular weight is 167 g/mol. The molecule has 0 unspecified atom stereocenters. The molecule has 0 fully saturated rings. The van der Waals surface area contributed by atoms with Crippen molar-refractivity contribution in [2.75, 3.05) is 6.54 Å². The van der Waals surface area contributed by atoms with Crippen LogP contribution in [0.4, 0.5) is 0 Å². The summed E-state index contributed by atoms with van der Waals surface area (Å²) in [5.41, 5.74) is 0.882. The molecule has 0 bridgehead atoms. The maximum atomic E-state index is 11.3. The number of fused-ring (bicyclic) bond motifs is 1. The van der Waals surface area contributed by atoms with E-state index in [-0.39, 0.29) is 5.91 Å². The van der Waals surface area contributed by atoms with Crippen LogP contribution in [0.3, 0.4) is 0 Å². The first-order valence-corrected chi connectivity index (χ1v) is 4.60. The molecule has 0 saturated heterocycles. The number of aryl methyl sites for hydroxylation is 1. The van der Waals surface area contributed by atoms with E-state index in [2.05, 4.69) is 5.32 Å². The molecule has 0 radical (unpaired) electrons. The highest BCUT2D eigenvalue weighted by atomic mass is 32.1. The van der Waals surface area contributed by atoms with Crippen LogP contribution in [0.1, 0.15) is 21.7 Å². The Balaban J connectivity index is 2.41. The van der Waals surface area contributed by atoms with Crippen molar-refractivity contribution >= 4 is 17.2 Å². The summed E-state index contributed by atoms with van der Waals surface area (Å²) in [5, 5.41) is 4.84. The largest absolute Gasteiger partial charge is 0.352 e. The monoisotopic (exact) mass is 167 g/mol. The van der Waals surface area contributed by atoms with E-state index in [9.17, 15) is 4.79 Å². The van der Waals surface area contributed by atoms with E-state index in [0.29, 0.717) is 0 Å². The highest BCUT2D eigenvalue weighted by Gasteiger charge is 2.14. The minimum absolute atomic E-state index is 0.0961. The van der Waals surface area contributed by atoms with E-state index >= 15 is 0 Å². The summed E-state index contributed by atoms with van der Waals surface area (Å²) in [6, 6.07) is 1.90. The molecular formula is C8H9NOS. The van der Waals surface area contributed by atoms with Crippen LogP contribution in [0.2, 0.25) is 0 Å². The first kappa shape index (κ1) is 6.85. The number of rotatable bonds is 0. The summed E-state index contributed by atoms with van der Waals surface area (Å²) in [5.74, 6) is 0.0961. The molecule has 1 N–H and O–H groups in total. The molecule has 0 aromatic carbocycles. The molecule has 0 atom stereocenters. The zero-order valence-corrected chi connectivity index (χ0v) is 6.91. The Morgan fingerprint density at radius 1 is 1.55 bits per heavy atom. The highest BCUT2D eigenvalue weighted by Crippen LogP contribution is 2.20. The van der Waals surface area contributed by atoms with Gasteiger partial charge in [0.05, 0.1) is 5.56 Å². The second-order valence-corrected chi connectivity index (χ2v) is 3.62. The third-order valence-corrected chi connectivity index (χ3v) is 2.84. The van der Waals surface area contributed by atoms with E-state index in [4.69, 9.17) is 0 Å². The fourth-order valence-electron chi connectivity index (χ4n) is 1.28. The predicted molar refractivity (Wildman–Crippen MR) is 45.0 cm³/mol. The van der Waals surface area contributed by atoms with E-state index < -0.39 is 0 Å². The van der Waals surface area contributed by atoms with Crippen LogP contribution < -0.4 is 5.32 Å². The number of carbonyl (C=O) groups is 1. The van der Waals surface area contributed by atoms with Crippen LogP contribution in [0.5, 0.6) is 0 Å². The predicted octanol–water partition coefficient (Wildman–Crippen LogP) is 1.42. The van der Waals surface area contributed by atoms with Crippen LogP contribution in [0, 0.1) is 0 Å². The molecule has 3 heteroatoms. The Labute approximate surface area is 69.2 Å². The van der Waals surface area contributed by atoms with Crippen molar-refractivity contribution in [3.05, 3.63) is 21.9 Å². The minimum atomic E-state index is 0.0961. The Kier molecular flexibility index (Phi) is 1.66. The maximum Gasteiger partial charge on any atom is 0.252 e. The van der Waals surface area contributed by atoms with Crippen LogP contribution in [-0.2, 0) is 6.42 Å². The smallest absolute Gasteiger partial charge is 0.252 e. The van der Waals surface area contributed by atoms with E-state index in [1.165, 1.54) is 4.88 Å². The van der Waals surface area contributed by atoms with Crippen LogP contribution >= 0.6 is 11.3 Å². The van der Waals surface area contributed by atoms with Crippen LogP contribution in [0.15, 0.2) is 11.4 Å². The van der Waals surface area contributed by atoms with Gasteiger partial charge in [0, 0.05) is 11.4 Å². The third-order valence-electron chi connectivity index (χ3n) is 1.86. The summed E-state index contributed by atoms with van der Waals surface area (Å²) in [7, 11) is 0. The zero-order valence-electron chi connectivity index (χ0n) is 6.09. The number of hydrogen-bond donors (Lipinski definition) is 1. The Morgan fingerprint density at radius 3 is 3.36 bits per heavy atom. The Morgan fingerprint density at radius 2 is 2.45 bits per heavy atom. The molecule has 0 spiro atoms. The summed E-state index contributed by atoms with van der Waals surface area (Å²) in [4.78, 5) is 12.5. The molecule has 2 nitrogen and oxygen atoms in total. The van der Waals surface area contributed by atoms with Crippen molar-refractivity contribution in [2.45, 2.75) is 12.8 Å². The third kappa shape index (κ3) is 1.16. The van der Waals surface area contributed by atoms with Gasteiger partial charge in [0.1, 0.15) is 0 Å². The Bertz CT molecular complexity index is 279. The second-order valence-electron chi connectivity index (χ2n) is 2.62. The first-order chi connectivity index (χ1) is 5.38. The first-order valence-electron chi connectivity index (χ1n) is 3.72. The average Bonchev–Trinajstić information content (AvgIpc) is 2.40. The molecule has 2 heterocycles. The van der Waals surface area contributed by atoms with Crippen molar-refractivity contribution in [3.8, 4) is 0 Å². The van der Waals surface area contributed by atoms with Gasteiger partial charge in [-0.05, 0) is 24.3 Å². The van der Waals surface area contributed by atoms with Gasteiger partial charge in [0.2, 0.25) is 0 Å². The lowest BCUT2D eigenvalue weighted by Crippen LogP contribution is -2.22. The molecule has 1 amide bonds. The van der Waals surface area contributed by atoms with Crippen LogP contribution in [-0.4, -0.2) is 12.5 Å². The van der Waals surface area contributed by atoms with Crippen molar-refractivity contribution in [3.63, 3.8) is 0 Å². The number of hydrogen-bond acceptors (Lipinski definition) is 2. The summed E-state index contributed by atoms with van der Waals surface area (Å²) in [6.07, 6.45) is 2.12. The number of thiophene rings is 1. The molecule has 11 heavy (non-hydrogen) atoms. The van der Waals surface area contributed by atoms with Crippen molar-refractivity contribution in [1.82, 2.24) is 5.32 Å². The highest BCUT2D eigenvalue weighted by molar-refractivity contribution is 7.10. The van der Waals surface area contributed by atoms with Gasteiger partial charge in [0.15, 0.2) is 0 Å². The number of carbonyl (C=O) groups excluding carboxylic acids is 1. The van der Waals surface area contributed by atoms with Crippen molar-refractivity contribution < 1.29 is 4.79 Å². The summed E-state index contributed by atoms with van der Waals surface area (Å²) >= 11 is 1.68. The molecule has 58 valence electrons. The van der Waals surface area contributed by atoms with Crippen LogP contribution in [0.25, 0.3) is 0 Å². The summed E-state index contributed by atoms with van der Waals surface area (Å²) in [6.45, 7) is 0.820. The SMILES string of the molecule is O=C1NCCCc2sccc21. The minimum Gasteiger partial charge on any atom is -0.352 e. The fourth-order valence-corrected chi connectivity index (χ4v) is 2.20. The Hall–Kier alpha value is -0.830. The molecule has 1 aromatic rings.